The molecule has 1 N–H and O–H groups in total. The molecule has 0 atom stereocenters. The van der Waals surface area contributed by atoms with E-state index in [0.29, 0.717) is 23.2 Å². The minimum Gasteiger partial charge on any atom is -0.485 e. The highest BCUT2D eigenvalue weighted by atomic mass is 16.5. The molecule has 0 radical (unpaired) electrons. The van der Waals surface area contributed by atoms with Gasteiger partial charge in [-0.25, -0.2) is 4.52 Å². The van der Waals surface area contributed by atoms with Crippen molar-refractivity contribution in [2.24, 2.45) is 5.92 Å². The molecular formula is C19H16N6O3. The van der Waals surface area contributed by atoms with Gasteiger partial charge in [-0.1, -0.05) is 17.3 Å². The zero-order valence-corrected chi connectivity index (χ0v) is 14.8. The van der Waals surface area contributed by atoms with Crippen molar-refractivity contribution in [3.63, 3.8) is 0 Å². The second-order valence-electron chi connectivity index (χ2n) is 6.55. The molecule has 9 nitrogen and oxygen atoms in total. The molecule has 3 heterocycles. The Morgan fingerprint density at radius 1 is 1.25 bits per heavy atom. The lowest BCUT2D eigenvalue weighted by Crippen LogP contribution is -2.14. The van der Waals surface area contributed by atoms with Crippen LogP contribution >= 0.6 is 0 Å². The molecule has 5 rings (SSSR count). The molecule has 0 unspecified atom stereocenters. The number of hydrogen-bond acceptors (Lipinski definition) is 7. The van der Waals surface area contributed by atoms with Gasteiger partial charge < -0.3 is 9.26 Å². The van der Waals surface area contributed by atoms with Gasteiger partial charge in [0.2, 0.25) is 24.1 Å². The Morgan fingerprint density at radius 3 is 2.86 bits per heavy atom. The van der Waals surface area contributed by atoms with Crippen LogP contribution in [0.3, 0.4) is 0 Å². The number of carbonyl (C=O) groups excluding carboxylic acids is 1. The Balaban J connectivity index is 1.37. The van der Waals surface area contributed by atoms with E-state index in [1.165, 1.54) is 6.39 Å². The summed E-state index contributed by atoms with van der Waals surface area (Å²) in [7, 11) is 0. The molecule has 140 valence electrons. The van der Waals surface area contributed by atoms with Crippen LogP contribution in [-0.4, -0.2) is 30.6 Å². The van der Waals surface area contributed by atoms with E-state index in [2.05, 4.69) is 30.1 Å². The molecule has 1 amide bonds. The van der Waals surface area contributed by atoms with Gasteiger partial charge in [-0.05, 0) is 42.7 Å². The maximum absolute atomic E-state index is 12.0. The highest BCUT2D eigenvalue weighted by Gasteiger charge is 2.30. The number of carbonyl (C=O) groups is 1. The summed E-state index contributed by atoms with van der Waals surface area (Å²) in [5, 5.41) is 10.8. The van der Waals surface area contributed by atoms with Crippen LogP contribution in [0.2, 0.25) is 0 Å². The number of hydrogen-bond donors (Lipinski definition) is 1. The van der Waals surface area contributed by atoms with E-state index in [1.807, 2.05) is 36.4 Å². The number of rotatable bonds is 6. The second-order valence-corrected chi connectivity index (χ2v) is 6.55. The Labute approximate surface area is 159 Å². The molecule has 0 aliphatic heterocycles. The Morgan fingerprint density at radius 2 is 2.11 bits per heavy atom. The van der Waals surface area contributed by atoms with Crippen molar-refractivity contribution in [3.8, 4) is 16.9 Å². The topological polar surface area (TPSA) is 107 Å². The van der Waals surface area contributed by atoms with E-state index in [-0.39, 0.29) is 18.4 Å². The maximum atomic E-state index is 12.0. The standard InChI is InChI=1S/C19H16N6O3/c26-18(13-3-4-13)22-19-21-17-15(2-1-9-25(17)23-19)12-5-7-14(8-6-12)27-10-16-20-11-28-24-16/h1-2,5-9,11,13H,3-4,10H2,(H,22,23,26). The number of anilines is 1. The molecule has 1 aliphatic rings. The van der Waals surface area contributed by atoms with Gasteiger partial charge in [-0.2, -0.15) is 9.97 Å². The lowest BCUT2D eigenvalue weighted by atomic mass is 10.1. The molecule has 0 spiro atoms. The minimum atomic E-state index is -0.0134. The number of benzene rings is 1. The molecule has 1 aromatic carbocycles. The predicted molar refractivity (Wildman–Crippen MR) is 98.4 cm³/mol. The monoisotopic (exact) mass is 376 g/mol. The summed E-state index contributed by atoms with van der Waals surface area (Å²) in [5.41, 5.74) is 2.55. The molecule has 28 heavy (non-hydrogen) atoms. The van der Waals surface area contributed by atoms with Crippen LogP contribution in [0.25, 0.3) is 16.8 Å². The number of fused-ring (bicyclic) bond motifs is 1. The highest BCUT2D eigenvalue weighted by molar-refractivity contribution is 5.93. The van der Waals surface area contributed by atoms with E-state index in [4.69, 9.17) is 4.74 Å². The largest absolute Gasteiger partial charge is 0.485 e. The molecule has 0 saturated heterocycles. The number of nitrogens with zero attached hydrogens (tertiary/aromatic N) is 5. The fourth-order valence-corrected chi connectivity index (χ4v) is 2.88. The first kappa shape index (κ1) is 16.4. The van der Waals surface area contributed by atoms with E-state index in [9.17, 15) is 4.79 Å². The average molecular weight is 376 g/mol. The lowest BCUT2D eigenvalue weighted by molar-refractivity contribution is -0.117. The number of nitrogens with one attached hydrogen (secondary N) is 1. The fourth-order valence-electron chi connectivity index (χ4n) is 2.88. The fraction of sp³-hybridized carbons (Fsp3) is 0.211. The predicted octanol–water partition coefficient (Wildman–Crippen LogP) is 2.71. The van der Waals surface area contributed by atoms with Crippen LogP contribution in [-0.2, 0) is 11.4 Å². The Kier molecular flexibility index (Phi) is 3.97. The number of amides is 1. The third-order valence-electron chi connectivity index (χ3n) is 4.49. The number of aromatic nitrogens is 5. The molecule has 1 aliphatic carbocycles. The smallest absolute Gasteiger partial charge is 0.249 e. The van der Waals surface area contributed by atoms with Gasteiger partial charge in [0, 0.05) is 17.7 Å². The molecule has 1 fully saturated rings. The van der Waals surface area contributed by atoms with Crippen molar-refractivity contribution < 1.29 is 14.1 Å². The third-order valence-corrected chi connectivity index (χ3v) is 4.49. The summed E-state index contributed by atoms with van der Waals surface area (Å²) in [6.45, 7) is 0.236. The van der Waals surface area contributed by atoms with Gasteiger partial charge in [0.05, 0.1) is 0 Å². The van der Waals surface area contributed by atoms with Crippen LogP contribution in [0.15, 0.2) is 53.5 Å². The van der Waals surface area contributed by atoms with Crippen molar-refractivity contribution in [2.75, 3.05) is 5.32 Å². The summed E-state index contributed by atoms with van der Waals surface area (Å²) in [4.78, 5) is 20.4. The minimum absolute atomic E-state index is 0.0134. The van der Waals surface area contributed by atoms with Crippen molar-refractivity contribution in [2.45, 2.75) is 19.4 Å². The Hall–Kier alpha value is -3.75. The van der Waals surface area contributed by atoms with Crippen molar-refractivity contribution in [1.82, 2.24) is 24.7 Å². The van der Waals surface area contributed by atoms with Gasteiger partial charge >= 0.3 is 0 Å². The number of ether oxygens (including phenoxy) is 1. The van der Waals surface area contributed by atoms with Crippen LogP contribution in [0.5, 0.6) is 5.75 Å². The summed E-state index contributed by atoms with van der Waals surface area (Å²) in [6, 6.07) is 11.5. The Bertz CT molecular complexity index is 1120. The molecule has 9 heteroatoms. The molecule has 4 aromatic rings. The van der Waals surface area contributed by atoms with Crippen molar-refractivity contribution >= 4 is 17.5 Å². The zero-order valence-electron chi connectivity index (χ0n) is 14.8. The van der Waals surface area contributed by atoms with Crippen LogP contribution in [0.1, 0.15) is 18.7 Å². The first-order chi connectivity index (χ1) is 13.8. The van der Waals surface area contributed by atoms with E-state index < -0.39 is 0 Å². The van der Waals surface area contributed by atoms with Gasteiger partial charge in [-0.3, -0.25) is 10.1 Å². The molecule has 0 bridgehead atoms. The zero-order chi connectivity index (χ0) is 18.9. The van der Waals surface area contributed by atoms with E-state index >= 15 is 0 Å². The van der Waals surface area contributed by atoms with E-state index in [0.717, 1.165) is 24.0 Å². The van der Waals surface area contributed by atoms with Crippen LogP contribution in [0, 0.1) is 5.92 Å². The molecular weight excluding hydrogens is 360 g/mol. The summed E-state index contributed by atoms with van der Waals surface area (Å²) < 4.78 is 12.0. The van der Waals surface area contributed by atoms with Crippen LogP contribution < -0.4 is 10.1 Å². The maximum Gasteiger partial charge on any atom is 0.249 e. The van der Waals surface area contributed by atoms with Crippen LogP contribution in [0.4, 0.5) is 5.95 Å². The molecule has 3 aromatic heterocycles. The average Bonchev–Trinajstić information content (AvgIpc) is 3.28. The van der Waals surface area contributed by atoms with Gasteiger partial charge in [-0.15, -0.1) is 5.10 Å². The second kappa shape index (κ2) is 6.76. The number of pyridine rings is 1. The summed E-state index contributed by atoms with van der Waals surface area (Å²) >= 11 is 0. The summed E-state index contributed by atoms with van der Waals surface area (Å²) in [6.07, 6.45) is 4.94. The third kappa shape index (κ3) is 3.29. The quantitative estimate of drug-likeness (QED) is 0.551. The lowest BCUT2D eigenvalue weighted by Gasteiger charge is -2.06. The first-order valence-corrected chi connectivity index (χ1v) is 8.91. The van der Waals surface area contributed by atoms with Gasteiger partial charge in [0.15, 0.2) is 12.3 Å². The van der Waals surface area contributed by atoms with E-state index in [1.54, 1.807) is 10.7 Å². The SMILES string of the molecule is O=C(Nc1nc2c(-c3ccc(OCc4ncon4)cc3)cccn2n1)C1CC1. The van der Waals surface area contributed by atoms with Gasteiger partial charge in [0.25, 0.3) is 0 Å². The molecule has 1 saturated carbocycles. The first-order valence-electron chi connectivity index (χ1n) is 8.91. The highest BCUT2D eigenvalue weighted by Crippen LogP contribution is 2.30. The van der Waals surface area contributed by atoms with Crippen molar-refractivity contribution in [1.29, 1.82) is 0 Å². The summed E-state index contributed by atoms with van der Waals surface area (Å²) in [5.74, 6) is 1.59. The van der Waals surface area contributed by atoms with Crippen molar-refractivity contribution in [3.05, 3.63) is 54.8 Å². The van der Waals surface area contributed by atoms with Gasteiger partial charge in [0.1, 0.15) is 5.75 Å². The normalized spacial score (nSPS) is 13.6.